The number of rotatable bonds is 3. The SMILES string of the molecule is C=CCC1=C(C=C)C(C)=C2C=CC=CC2C1C. The van der Waals surface area contributed by atoms with E-state index in [1.54, 1.807) is 0 Å². The summed E-state index contributed by atoms with van der Waals surface area (Å²) in [4.78, 5) is 0. The van der Waals surface area contributed by atoms with E-state index in [0.717, 1.165) is 6.42 Å². The van der Waals surface area contributed by atoms with Crippen molar-refractivity contribution in [2.75, 3.05) is 0 Å². The molecule has 88 valence electrons. The summed E-state index contributed by atoms with van der Waals surface area (Å²) < 4.78 is 0. The molecule has 0 aromatic carbocycles. The first kappa shape index (κ1) is 11.9. The molecular formula is C17H20. The zero-order valence-electron chi connectivity index (χ0n) is 10.7. The van der Waals surface area contributed by atoms with Gasteiger partial charge in [-0.15, -0.1) is 6.58 Å². The Morgan fingerprint density at radius 3 is 2.71 bits per heavy atom. The molecule has 0 fully saturated rings. The monoisotopic (exact) mass is 224 g/mol. The molecule has 0 heteroatoms. The fourth-order valence-corrected chi connectivity index (χ4v) is 2.96. The molecule has 2 aliphatic rings. The Kier molecular flexibility index (Phi) is 3.33. The van der Waals surface area contributed by atoms with Crippen molar-refractivity contribution in [2.24, 2.45) is 11.8 Å². The van der Waals surface area contributed by atoms with Crippen LogP contribution in [0.15, 0.2) is 71.9 Å². The summed E-state index contributed by atoms with van der Waals surface area (Å²) in [6.45, 7) is 12.4. The topological polar surface area (TPSA) is 0 Å². The van der Waals surface area contributed by atoms with E-state index in [-0.39, 0.29) is 0 Å². The van der Waals surface area contributed by atoms with E-state index in [4.69, 9.17) is 0 Å². The molecule has 17 heavy (non-hydrogen) atoms. The molecule has 0 heterocycles. The van der Waals surface area contributed by atoms with E-state index in [1.165, 1.54) is 22.3 Å². The number of allylic oxidation sites excluding steroid dienone is 10. The minimum absolute atomic E-state index is 0.527. The lowest BCUT2D eigenvalue weighted by Gasteiger charge is -2.34. The van der Waals surface area contributed by atoms with Gasteiger partial charge in [0.15, 0.2) is 0 Å². The summed E-state index contributed by atoms with van der Waals surface area (Å²) in [5.41, 5.74) is 5.62. The second-order valence-corrected chi connectivity index (χ2v) is 4.77. The largest absolute Gasteiger partial charge is 0.103 e. The molecule has 0 radical (unpaired) electrons. The highest BCUT2D eigenvalue weighted by atomic mass is 14.3. The average Bonchev–Trinajstić information content (AvgIpc) is 2.36. The molecule has 0 aliphatic heterocycles. The van der Waals surface area contributed by atoms with Crippen LogP contribution in [0, 0.1) is 11.8 Å². The fraction of sp³-hybridized carbons (Fsp3) is 0.294. The van der Waals surface area contributed by atoms with Crippen LogP contribution in [0.1, 0.15) is 20.3 Å². The van der Waals surface area contributed by atoms with Gasteiger partial charge in [0, 0.05) is 5.92 Å². The number of hydrogen-bond acceptors (Lipinski definition) is 0. The summed E-state index contributed by atoms with van der Waals surface area (Å²) in [6, 6.07) is 0. The van der Waals surface area contributed by atoms with Gasteiger partial charge in [0.05, 0.1) is 0 Å². The van der Waals surface area contributed by atoms with Crippen LogP contribution in [0.3, 0.4) is 0 Å². The standard InChI is InChI=1S/C17H20/c1-5-9-15-13(4)17-11-8-7-10-16(17)12(3)14(15)6-2/h5-8,10-11,13,17H,1-2,9H2,3-4H3. The second-order valence-electron chi connectivity index (χ2n) is 4.77. The Bertz CT molecular complexity index is 466. The van der Waals surface area contributed by atoms with Gasteiger partial charge < -0.3 is 0 Å². The normalized spacial score (nSPS) is 27.2. The molecule has 0 spiro atoms. The van der Waals surface area contributed by atoms with Crippen molar-refractivity contribution >= 4 is 0 Å². The highest BCUT2D eigenvalue weighted by Gasteiger charge is 2.29. The van der Waals surface area contributed by atoms with Gasteiger partial charge in [0.25, 0.3) is 0 Å². The van der Waals surface area contributed by atoms with Crippen molar-refractivity contribution in [3.05, 3.63) is 71.9 Å². The molecule has 2 rings (SSSR count). The lowest BCUT2D eigenvalue weighted by molar-refractivity contribution is 0.532. The van der Waals surface area contributed by atoms with Crippen LogP contribution in [-0.4, -0.2) is 0 Å². The van der Waals surface area contributed by atoms with Gasteiger partial charge in [0.1, 0.15) is 0 Å². The van der Waals surface area contributed by atoms with Crippen molar-refractivity contribution < 1.29 is 0 Å². The molecule has 0 aromatic rings. The Balaban J connectivity index is 2.58. The summed E-state index contributed by atoms with van der Waals surface area (Å²) in [7, 11) is 0. The van der Waals surface area contributed by atoms with Gasteiger partial charge in [-0.25, -0.2) is 0 Å². The minimum atomic E-state index is 0.527. The molecule has 0 saturated carbocycles. The maximum absolute atomic E-state index is 3.97. The third-order valence-electron chi connectivity index (χ3n) is 3.90. The zero-order chi connectivity index (χ0) is 12.4. The van der Waals surface area contributed by atoms with Crippen molar-refractivity contribution in [3.8, 4) is 0 Å². The first-order valence-electron chi connectivity index (χ1n) is 6.23. The van der Waals surface area contributed by atoms with Crippen LogP contribution in [0.5, 0.6) is 0 Å². The molecule has 0 nitrogen and oxygen atoms in total. The lowest BCUT2D eigenvalue weighted by atomic mass is 9.70. The zero-order valence-corrected chi connectivity index (χ0v) is 10.7. The van der Waals surface area contributed by atoms with E-state index in [2.05, 4.69) is 51.3 Å². The molecule has 0 saturated heterocycles. The minimum Gasteiger partial charge on any atom is -0.103 e. The van der Waals surface area contributed by atoms with E-state index in [0.29, 0.717) is 11.8 Å². The molecule has 0 amide bonds. The third kappa shape index (κ3) is 1.88. The summed E-state index contributed by atoms with van der Waals surface area (Å²) in [5, 5.41) is 0. The highest BCUT2D eigenvalue weighted by molar-refractivity contribution is 5.55. The summed E-state index contributed by atoms with van der Waals surface area (Å²) in [6.07, 6.45) is 13.8. The van der Waals surface area contributed by atoms with Gasteiger partial charge in [0.2, 0.25) is 0 Å². The predicted octanol–water partition coefficient (Wildman–Crippen LogP) is 4.75. The first-order chi connectivity index (χ1) is 8.20. The van der Waals surface area contributed by atoms with Gasteiger partial charge in [-0.2, -0.15) is 0 Å². The first-order valence-corrected chi connectivity index (χ1v) is 6.23. The Labute approximate surface area is 104 Å². The quantitative estimate of drug-likeness (QED) is 0.607. The lowest BCUT2D eigenvalue weighted by Crippen LogP contribution is -2.22. The summed E-state index contributed by atoms with van der Waals surface area (Å²) in [5.74, 6) is 1.07. The van der Waals surface area contributed by atoms with Gasteiger partial charge in [-0.3, -0.25) is 0 Å². The van der Waals surface area contributed by atoms with Crippen LogP contribution in [0.4, 0.5) is 0 Å². The van der Waals surface area contributed by atoms with Gasteiger partial charge in [-0.05, 0) is 36.0 Å². The van der Waals surface area contributed by atoms with Crippen LogP contribution in [-0.2, 0) is 0 Å². The van der Waals surface area contributed by atoms with Crippen LogP contribution < -0.4 is 0 Å². The smallest absolute Gasteiger partial charge is 0.00872 e. The molecule has 0 bridgehead atoms. The Morgan fingerprint density at radius 1 is 1.29 bits per heavy atom. The Morgan fingerprint density at radius 2 is 2.06 bits per heavy atom. The highest BCUT2D eigenvalue weighted by Crippen LogP contribution is 2.42. The van der Waals surface area contributed by atoms with Crippen LogP contribution in [0.25, 0.3) is 0 Å². The number of fused-ring (bicyclic) bond motifs is 1. The van der Waals surface area contributed by atoms with Crippen molar-refractivity contribution in [1.82, 2.24) is 0 Å². The molecule has 0 N–H and O–H groups in total. The third-order valence-corrected chi connectivity index (χ3v) is 3.90. The van der Waals surface area contributed by atoms with Crippen molar-refractivity contribution in [1.29, 1.82) is 0 Å². The predicted molar refractivity (Wildman–Crippen MR) is 75.7 cm³/mol. The Hall–Kier alpha value is -1.56. The molecule has 2 atom stereocenters. The summed E-state index contributed by atoms with van der Waals surface area (Å²) >= 11 is 0. The second kappa shape index (κ2) is 4.75. The van der Waals surface area contributed by atoms with Gasteiger partial charge >= 0.3 is 0 Å². The fourth-order valence-electron chi connectivity index (χ4n) is 2.96. The van der Waals surface area contributed by atoms with Crippen LogP contribution in [0.2, 0.25) is 0 Å². The van der Waals surface area contributed by atoms with E-state index in [1.807, 2.05) is 12.2 Å². The molecule has 0 aromatic heterocycles. The van der Waals surface area contributed by atoms with E-state index in [9.17, 15) is 0 Å². The van der Waals surface area contributed by atoms with Crippen molar-refractivity contribution in [3.63, 3.8) is 0 Å². The van der Waals surface area contributed by atoms with Crippen molar-refractivity contribution in [2.45, 2.75) is 20.3 Å². The van der Waals surface area contributed by atoms with Gasteiger partial charge in [-0.1, -0.05) is 55.5 Å². The molecule has 2 aliphatic carbocycles. The van der Waals surface area contributed by atoms with E-state index >= 15 is 0 Å². The number of hydrogen-bond donors (Lipinski definition) is 0. The maximum Gasteiger partial charge on any atom is 0.00872 e. The average molecular weight is 224 g/mol. The van der Waals surface area contributed by atoms with Crippen LogP contribution >= 0.6 is 0 Å². The molecular weight excluding hydrogens is 204 g/mol. The maximum atomic E-state index is 3.97. The van der Waals surface area contributed by atoms with E-state index < -0.39 is 0 Å². The molecule has 2 unspecified atom stereocenters.